The zero-order valence-corrected chi connectivity index (χ0v) is 18.0. The molecule has 1 aromatic carbocycles. The van der Waals surface area contributed by atoms with Gasteiger partial charge in [0.15, 0.2) is 0 Å². The standard InChI is InChI=1S/C25H31N3O2/c1-18-8-9-19(2)23(16-18)30-15-4-3-7-24(29)28-13-10-20(11-14-28)22-17-27-25-21(22)6-5-12-26-25/h5-6,8-9,12,16-17,20H,3-4,7,10-11,13-15H2,1-2H3,(H,26,27). The second-order valence-electron chi connectivity index (χ2n) is 8.37. The summed E-state index contributed by atoms with van der Waals surface area (Å²) in [6.45, 7) is 6.48. The van der Waals surface area contributed by atoms with Gasteiger partial charge in [-0.2, -0.15) is 0 Å². The highest BCUT2D eigenvalue weighted by Crippen LogP contribution is 2.32. The largest absolute Gasteiger partial charge is 0.493 e. The molecule has 1 aliphatic rings. The van der Waals surface area contributed by atoms with Gasteiger partial charge in [0.05, 0.1) is 6.61 Å². The second kappa shape index (κ2) is 9.33. The van der Waals surface area contributed by atoms with Crippen LogP contribution in [0.3, 0.4) is 0 Å². The third-order valence-corrected chi connectivity index (χ3v) is 6.16. The van der Waals surface area contributed by atoms with Crippen LogP contribution in [0, 0.1) is 13.8 Å². The summed E-state index contributed by atoms with van der Waals surface area (Å²) in [5.41, 5.74) is 4.66. The van der Waals surface area contributed by atoms with Crippen molar-refractivity contribution in [3.63, 3.8) is 0 Å². The van der Waals surface area contributed by atoms with E-state index in [2.05, 4.69) is 54.3 Å². The molecule has 1 N–H and O–H groups in total. The number of aryl methyl sites for hydroxylation is 2. The summed E-state index contributed by atoms with van der Waals surface area (Å²) >= 11 is 0. The minimum atomic E-state index is 0.278. The van der Waals surface area contributed by atoms with E-state index in [1.165, 1.54) is 16.5 Å². The first-order chi connectivity index (χ1) is 14.6. The van der Waals surface area contributed by atoms with Crippen LogP contribution in [0.15, 0.2) is 42.7 Å². The Kier molecular flexibility index (Phi) is 6.36. The number of piperidine rings is 1. The summed E-state index contributed by atoms with van der Waals surface area (Å²) in [7, 11) is 0. The number of ether oxygens (including phenoxy) is 1. The van der Waals surface area contributed by atoms with E-state index in [4.69, 9.17) is 4.74 Å². The Morgan fingerprint density at radius 1 is 1.20 bits per heavy atom. The van der Waals surface area contributed by atoms with Gasteiger partial charge in [-0.05, 0) is 80.3 Å². The average molecular weight is 406 g/mol. The molecular weight excluding hydrogens is 374 g/mol. The predicted molar refractivity (Wildman–Crippen MR) is 120 cm³/mol. The maximum atomic E-state index is 12.6. The number of likely N-dealkylation sites (tertiary alicyclic amines) is 1. The lowest BCUT2D eigenvalue weighted by atomic mass is 9.89. The Morgan fingerprint density at radius 2 is 2.03 bits per heavy atom. The molecule has 5 heteroatoms. The van der Waals surface area contributed by atoms with Gasteiger partial charge in [-0.3, -0.25) is 4.79 Å². The van der Waals surface area contributed by atoms with Gasteiger partial charge >= 0.3 is 0 Å². The first kappa shape index (κ1) is 20.5. The Hall–Kier alpha value is -2.82. The number of aromatic amines is 1. The van der Waals surface area contributed by atoms with Crippen molar-refractivity contribution in [2.24, 2.45) is 0 Å². The molecule has 0 spiro atoms. The van der Waals surface area contributed by atoms with Crippen LogP contribution in [0.2, 0.25) is 0 Å². The van der Waals surface area contributed by atoms with Crippen molar-refractivity contribution in [3.8, 4) is 5.75 Å². The first-order valence-corrected chi connectivity index (χ1v) is 11.0. The minimum absolute atomic E-state index is 0.278. The number of hydrogen-bond acceptors (Lipinski definition) is 3. The van der Waals surface area contributed by atoms with E-state index in [-0.39, 0.29) is 5.91 Å². The first-order valence-electron chi connectivity index (χ1n) is 11.0. The minimum Gasteiger partial charge on any atom is -0.493 e. The summed E-state index contributed by atoms with van der Waals surface area (Å²) < 4.78 is 5.90. The topological polar surface area (TPSA) is 58.2 Å². The summed E-state index contributed by atoms with van der Waals surface area (Å²) in [6, 6.07) is 10.4. The Morgan fingerprint density at radius 3 is 2.87 bits per heavy atom. The molecule has 5 nitrogen and oxygen atoms in total. The molecule has 1 saturated heterocycles. The molecule has 2 aromatic heterocycles. The summed E-state index contributed by atoms with van der Waals surface area (Å²) in [5, 5.41) is 1.21. The van der Waals surface area contributed by atoms with Gasteiger partial charge in [0, 0.05) is 37.3 Å². The highest BCUT2D eigenvalue weighted by molar-refractivity contribution is 5.80. The Bertz CT molecular complexity index is 1000. The molecule has 3 aromatic rings. The summed E-state index contributed by atoms with van der Waals surface area (Å²) in [6.07, 6.45) is 8.33. The highest BCUT2D eigenvalue weighted by atomic mass is 16.5. The number of pyridine rings is 1. The third-order valence-electron chi connectivity index (χ3n) is 6.16. The molecular formula is C25H31N3O2. The number of unbranched alkanes of at least 4 members (excludes halogenated alkanes) is 1. The Labute approximate surface area is 178 Å². The van der Waals surface area contributed by atoms with Gasteiger partial charge in [-0.25, -0.2) is 4.98 Å². The van der Waals surface area contributed by atoms with Crippen molar-refractivity contribution in [1.29, 1.82) is 0 Å². The van der Waals surface area contributed by atoms with Crippen LogP contribution >= 0.6 is 0 Å². The van der Waals surface area contributed by atoms with Gasteiger partial charge in [0.25, 0.3) is 0 Å². The van der Waals surface area contributed by atoms with Crippen molar-refractivity contribution in [2.75, 3.05) is 19.7 Å². The van der Waals surface area contributed by atoms with Crippen LogP contribution in [0.25, 0.3) is 11.0 Å². The smallest absolute Gasteiger partial charge is 0.222 e. The van der Waals surface area contributed by atoms with Gasteiger partial charge in [0.2, 0.25) is 5.91 Å². The number of H-pyrrole nitrogens is 1. The van der Waals surface area contributed by atoms with Crippen molar-refractivity contribution < 1.29 is 9.53 Å². The third kappa shape index (κ3) is 4.66. The maximum Gasteiger partial charge on any atom is 0.222 e. The molecule has 0 bridgehead atoms. The lowest BCUT2D eigenvalue weighted by Gasteiger charge is -2.32. The van der Waals surface area contributed by atoms with Gasteiger partial charge < -0.3 is 14.6 Å². The number of fused-ring (bicyclic) bond motifs is 1. The molecule has 4 rings (SSSR count). The SMILES string of the molecule is Cc1ccc(C)c(OCCCCC(=O)N2CCC(c3c[nH]c4ncccc34)CC2)c1. The molecule has 0 atom stereocenters. The number of nitrogens with one attached hydrogen (secondary N) is 1. The fraction of sp³-hybridized carbons (Fsp3) is 0.440. The van der Waals surface area contributed by atoms with E-state index in [0.29, 0.717) is 18.9 Å². The lowest BCUT2D eigenvalue weighted by molar-refractivity contribution is -0.132. The number of rotatable bonds is 7. The number of benzene rings is 1. The van der Waals surface area contributed by atoms with E-state index in [1.54, 1.807) is 0 Å². The quantitative estimate of drug-likeness (QED) is 0.554. The molecule has 0 aliphatic carbocycles. The summed E-state index contributed by atoms with van der Waals surface area (Å²) in [4.78, 5) is 22.3. The number of carbonyl (C=O) groups is 1. The van der Waals surface area contributed by atoms with E-state index in [0.717, 1.165) is 55.7 Å². The lowest BCUT2D eigenvalue weighted by Crippen LogP contribution is -2.37. The van der Waals surface area contributed by atoms with Gasteiger partial charge in [0.1, 0.15) is 11.4 Å². The molecule has 1 fully saturated rings. The predicted octanol–water partition coefficient (Wildman–Crippen LogP) is 5.14. The number of nitrogens with zero attached hydrogens (tertiary/aromatic N) is 2. The molecule has 158 valence electrons. The van der Waals surface area contributed by atoms with E-state index < -0.39 is 0 Å². The molecule has 1 amide bonds. The number of aromatic nitrogens is 2. The van der Waals surface area contributed by atoms with Crippen LogP contribution < -0.4 is 4.74 Å². The molecule has 1 aliphatic heterocycles. The normalized spacial score (nSPS) is 14.9. The molecule has 0 saturated carbocycles. The Balaban J connectivity index is 1.19. The fourth-order valence-electron chi connectivity index (χ4n) is 4.34. The van der Waals surface area contributed by atoms with Crippen LogP contribution in [-0.4, -0.2) is 40.5 Å². The fourth-order valence-corrected chi connectivity index (χ4v) is 4.34. The second-order valence-corrected chi connectivity index (χ2v) is 8.37. The molecule has 30 heavy (non-hydrogen) atoms. The van der Waals surface area contributed by atoms with E-state index in [9.17, 15) is 4.79 Å². The van der Waals surface area contributed by atoms with Crippen LogP contribution in [0.1, 0.15) is 54.7 Å². The number of carbonyl (C=O) groups excluding carboxylic acids is 1. The number of amides is 1. The highest BCUT2D eigenvalue weighted by Gasteiger charge is 2.25. The molecule has 0 unspecified atom stereocenters. The average Bonchev–Trinajstić information content (AvgIpc) is 3.20. The maximum absolute atomic E-state index is 12.6. The molecule has 3 heterocycles. The van der Waals surface area contributed by atoms with E-state index in [1.807, 2.05) is 17.2 Å². The van der Waals surface area contributed by atoms with Gasteiger partial charge in [-0.1, -0.05) is 12.1 Å². The van der Waals surface area contributed by atoms with Crippen LogP contribution in [-0.2, 0) is 4.79 Å². The van der Waals surface area contributed by atoms with E-state index >= 15 is 0 Å². The van der Waals surface area contributed by atoms with Crippen molar-refractivity contribution >= 4 is 16.9 Å². The summed E-state index contributed by atoms with van der Waals surface area (Å²) in [5.74, 6) is 1.73. The number of hydrogen-bond donors (Lipinski definition) is 1. The van der Waals surface area contributed by atoms with Gasteiger partial charge in [-0.15, -0.1) is 0 Å². The monoisotopic (exact) mass is 405 g/mol. The zero-order valence-electron chi connectivity index (χ0n) is 18.0. The van der Waals surface area contributed by atoms with Crippen LogP contribution in [0.5, 0.6) is 5.75 Å². The van der Waals surface area contributed by atoms with Crippen LogP contribution in [0.4, 0.5) is 0 Å². The van der Waals surface area contributed by atoms with Crippen molar-refractivity contribution in [1.82, 2.24) is 14.9 Å². The van der Waals surface area contributed by atoms with Crippen molar-refractivity contribution in [2.45, 2.75) is 51.9 Å². The zero-order chi connectivity index (χ0) is 20.9. The molecule has 0 radical (unpaired) electrons. The van der Waals surface area contributed by atoms with Crippen molar-refractivity contribution in [3.05, 3.63) is 59.4 Å².